The number of fused-ring (bicyclic) bond motifs is 6. The molecular weight excluding hydrogens is 879 g/mol. The predicted molar refractivity (Wildman–Crippen MR) is 303 cm³/mol. The van der Waals surface area contributed by atoms with E-state index in [1.807, 2.05) is 11.8 Å². The molecule has 0 saturated heterocycles. The van der Waals surface area contributed by atoms with Crippen LogP contribution in [-0.2, 0) is 5.41 Å². The Labute approximate surface area is 419 Å². The maximum atomic E-state index is 2.53. The third kappa shape index (κ3) is 6.37. The molecule has 0 spiro atoms. The van der Waals surface area contributed by atoms with Crippen molar-refractivity contribution in [3.8, 4) is 11.1 Å². The number of rotatable bonds is 6. The molecule has 12 aromatic carbocycles. The molecule has 0 N–H and O–H groups in total. The Morgan fingerprint density at radius 1 is 0.380 bits per heavy atom. The molecule has 12 aromatic rings. The molecule has 0 aliphatic carbocycles. The number of para-hydroxylation sites is 4. The van der Waals surface area contributed by atoms with Crippen molar-refractivity contribution in [1.82, 2.24) is 0 Å². The van der Waals surface area contributed by atoms with E-state index >= 15 is 0 Å². The molecule has 338 valence electrons. The molecule has 0 radical (unpaired) electrons. The van der Waals surface area contributed by atoms with Gasteiger partial charge in [-0.2, -0.15) is 0 Å². The first-order valence-corrected chi connectivity index (χ1v) is 25.5. The van der Waals surface area contributed by atoms with E-state index in [1.54, 1.807) is 0 Å². The molecule has 0 fully saturated rings. The van der Waals surface area contributed by atoms with Crippen LogP contribution in [0.1, 0.15) is 36.1 Å². The van der Waals surface area contributed by atoms with Crippen LogP contribution in [-0.4, -0.2) is 0 Å². The Morgan fingerprint density at radius 3 is 1.69 bits per heavy atom. The molecule has 2 heterocycles. The maximum Gasteiger partial charge on any atom is 0.0604 e. The first-order valence-electron chi connectivity index (χ1n) is 24.7. The summed E-state index contributed by atoms with van der Waals surface area (Å²) in [6.45, 7) is 9.48. The second-order valence-electron chi connectivity index (χ2n) is 19.8. The molecule has 4 heteroatoms. The summed E-state index contributed by atoms with van der Waals surface area (Å²) >= 11 is 1.88. The molecule has 71 heavy (non-hydrogen) atoms. The zero-order valence-electron chi connectivity index (χ0n) is 40.1. The highest BCUT2D eigenvalue weighted by Gasteiger charge is 2.39. The summed E-state index contributed by atoms with van der Waals surface area (Å²) < 4.78 is 0. The number of benzene rings is 12. The van der Waals surface area contributed by atoms with Gasteiger partial charge in [-0.25, -0.2) is 0 Å². The molecular formula is C67H49N3S. The minimum Gasteiger partial charge on any atom is -0.310 e. The number of nitrogens with zero attached hydrogens (tertiary/aromatic N) is 3. The van der Waals surface area contributed by atoms with E-state index < -0.39 is 0 Å². The summed E-state index contributed by atoms with van der Waals surface area (Å²) in [5.74, 6) is 0. The van der Waals surface area contributed by atoms with Gasteiger partial charge >= 0.3 is 0 Å². The average molecular weight is 928 g/mol. The van der Waals surface area contributed by atoms with Gasteiger partial charge in [-0.05, 0) is 182 Å². The van der Waals surface area contributed by atoms with Gasteiger partial charge in [0.05, 0.1) is 28.4 Å². The van der Waals surface area contributed by atoms with Gasteiger partial charge in [-0.15, -0.1) is 0 Å². The van der Waals surface area contributed by atoms with Crippen molar-refractivity contribution in [3.05, 3.63) is 247 Å². The Balaban J connectivity index is 0.951. The smallest absolute Gasteiger partial charge is 0.0604 e. The van der Waals surface area contributed by atoms with Crippen molar-refractivity contribution in [2.24, 2.45) is 0 Å². The lowest BCUT2D eigenvalue weighted by molar-refractivity contribution is 0.638. The van der Waals surface area contributed by atoms with E-state index in [9.17, 15) is 0 Å². The van der Waals surface area contributed by atoms with Crippen LogP contribution < -0.4 is 14.7 Å². The topological polar surface area (TPSA) is 9.72 Å². The molecule has 2 aliphatic heterocycles. The second-order valence-corrected chi connectivity index (χ2v) is 20.9. The second kappa shape index (κ2) is 15.9. The normalized spacial score (nSPS) is 13.6. The summed E-state index contributed by atoms with van der Waals surface area (Å²) in [7, 11) is 0. The van der Waals surface area contributed by atoms with Crippen LogP contribution in [0.25, 0.3) is 54.2 Å². The molecule has 0 aromatic heterocycles. The number of hydrogen-bond acceptors (Lipinski definition) is 4. The van der Waals surface area contributed by atoms with Crippen LogP contribution in [0.3, 0.4) is 0 Å². The van der Waals surface area contributed by atoms with Gasteiger partial charge in [0, 0.05) is 43.3 Å². The Morgan fingerprint density at radius 2 is 0.958 bits per heavy atom. The van der Waals surface area contributed by atoms with Gasteiger partial charge in [-0.3, -0.25) is 0 Å². The van der Waals surface area contributed by atoms with Crippen LogP contribution in [0.4, 0.5) is 51.2 Å². The molecule has 0 bridgehead atoms. The summed E-state index contributed by atoms with van der Waals surface area (Å²) in [5, 5.41) is 10.2. The third-order valence-corrected chi connectivity index (χ3v) is 16.4. The van der Waals surface area contributed by atoms with E-state index in [1.165, 1.54) is 115 Å². The molecule has 0 amide bonds. The zero-order valence-corrected chi connectivity index (χ0v) is 40.9. The lowest BCUT2D eigenvalue weighted by Gasteiger charge is -2.43. The Kier molecular flexibility index (Phi) is 9.30. The SMILES string of the molecule is Cc1cc2c(cc1-c1cc3c(cc1C)N(c1ccccc1)c1ccc4ccc(N(c5ccccc5)c5ccccc5)cc4c1C3(C)C)Sc1ccccc1N2c1ccc2ccc3cccc4ccc1c2c34. The number of aryl methyl sites for hydroxylation is 2. The van der Waals surface area contributed by atoms with Gasteiger partial charge in [-0.1, -0.05) is 153 Å². The maximum absolute atomic E-state index is 2.53. The van der Waals surface area contributed by atoms with E-state index in [4.69, 9.17) is 0 Å². The van der Waals surface area contributed by atoms with Crippen LogP contribution in [0.2, 0.25) is 0 Å². The molecule has 0 atom stereocenters. The molecule has 3 nitrogen and oxygen atoms in total. The Hall–Kier alpha value is -8.31. The number of hydrogen-bond donors (Lipinski definition) is 0. The van der Waals surface area contributed by atoms with Gasteiger partial charge in [0.15, 0.2) is 0 Å². The van der Waals surface area contributed by atoms with Crippen LogP contribution in [0, 0.1) is 13.8 Å². The first-order chi connectivity index (χ1) is 34.8. The minimum atomic E-state index is -0.373. The molecule has 0 unspecified atom stereocenters. The van der Waals surface area contributed by atoms with Crippen molar-refractivity contribution >= 4 is 106 Å². The highest BCUT2D eigenvalue weighted by molar-refractivity contribution is 7.99. The summed E-state index contributed by atoms with van der Waals surface area (Å²) in [6, 6.07) is 83.4. The summed E-state index contributed by atoms with van der Waals surface area (Å²) in [4.78, 5) is 9.91. The van der Waals surface area contributed by atoms with Crippen LogP contribution >= 0.6 is 11.8 Å². The first kappa shape index (κ1) is 41.6. The van der Waals surface area contributed by atoms with E-state index in [0.29, 0.717) is 0 Å². The molecule has 0 saturated carbocycles. The van der Waals surface area contributed by atoms with Crippen LogP contribution in [0.15, 0.2) is 234 Å². The van der Waals surface area contributed by atoms with Crippen molar-refractivity contribution in [2.45, 2.75) is 42.9 Å². The lowest BCUT2D eigenvalue weighted by atomic mass is 9.70. The van der Waals surface area contributed by atoms with E-state index in [-0.39, 0.29) is 5.41 Å². The fourth-order valence-corrected chi connectivity index (χ4v) is 13.1. The fraction of sp³-hybridized carbons (Fsp3) is 0.0746. The van der Waals surface area contributed by atoms with Crippen molar-refractivity contribution in [3.63, 3.8) is 0 Å². The zero-order chi connectivity index (χ0) is 47.5. The van der Waals surface area contributed by atoms with Crippen LogP contribution in [0.5, 0.6) is 0 Å². The van der Waals surface area contributed by atoms with Crippen molar-refractivity contribution in [2.75, 3.05) is 14.7 Å². The average Bonchev–Trinajstić information content (AvgIpc) is 3.41. The Bertz CT molecular complexity index is 4030. The van der Waals surface area contributed by atoms with Crippen molar-refractivity contribution in [1.29, 1.82) is 0 Å². The highest BCUT2D eigenvalue weighted by atomic mass is 32.2. The monoisotopic (exact) mass is 927 g/mol. The van der Waals surface area contributed by atoms with Gasteiger partial charge in [0.1, 0.15) is 0 Å². The quantitative estimate of drug-likeness (QED) is 0.154. The predicted octanol–water partition coefficient (Wildman–Crippen LogP) is 19.5. The van der Waals surface area contributed by atoms with Gasteiger partial charge in [0.2, 0.25) is 0 Å². The lowest BCUT2D eigenvalue weighted by Crippen LogP contribution is -2.31. The van der Waals surface area contributed by atoms with Gasteiger partial charge in [0.25, 0.3) is 0 Å². The minimum absolute atomic E-state index is 0.373. The number of anilines is 9. The largest absolute Gasteiger partial charge is 0.310 e. The summed E-state index contributed by atoms with van der Waals surface area (Å²) in [6.07, 6.45) is 0. The van der Waals surface area contributed by atoms with Crippen molar-refractivity contribution < 1.29 is 0 Å². The third-order valence-electron chi connectivity index (χ3n) is 15.3. The molecule has 14 rings (SSSR count). The highest BCUT2D eigenvalue weighted by Crippen LogP contribution is 2.58. The standard InChI is InChI=1S/C67H49N3S/c1-42-37-60-56(67(3,4)66-55-39-51(68(48-19-8-5-9-20-48)49-21-10-6-11-22-49)33-29-44(55)31-36-59(66)69(60)50-23-12-7-13-24-50)40-53(42)54-41-63-61(38-43(54)2)70(58-25-14-15-26-62(58)71-63)57-35-32-47-28-27-45-17-16-18-46-30-34-52(57)65(47)64(45)46/h5-41H,1-4H3. The van der Waals surface area contributed by atoms with E-state index in [0.717, 1.165) is 22.7 Å². The van der Waals surface area contributed by atoms with E-state index in [2.05, 4.69) is 267 Å². The van der Waals surface area contributed by atoms with Gasteiger partial charge < -0.3 is 14.7 Å². The fourth-order valence-electron chi connectivity index (χ4n) is 12.0. The molecule has 2 aliphatic rings. The summed E-state index contributed by atoms with van der Waals surface area (Å²) in [5.41, 5.74) is 17.9.